The number of nitrogens with zero attached hydrogens (tertiary/aromatic N) is 1. The predicted octanol–water partition coefficient (Wildman–Crippen LogP) is 2.91. The Morgan fingerprint density at radius 2 is 1.85 bits per heavy atom. The molecule has 0 fully saturated rings. The zero-order valence-corrected chi connectivity index (χ0v) is 16.6. The van der Waals surface area contributed by atoms with E-state index in [4.69, 9.17) is 21.1 Å². The molecule has 3 N–H and O–H groups in total. The molecule has 0 aliphatic rings. The highest BCUT2D eigenvalue weighted by atomic mass is 79.9. The molecule has 0 aliphatic heterocycles. The maximum atomic E-state index is 12.0. The topological polar surface area (TPSA) is 109 Å². The second-order valence-corrected chi connectivity index (χ2v) is 6.34. The molecule has 27 heavy (non-hydrogen) atoms. The summed E-state index contributed by atoms with van der Waals surface area (Å²) >= 11 is 9.05. The van der Waals surface area contributed by atoms with Crippen molar-refractivity contribution in [1.82, 2.24) is 5.43 Å². The van der Waals surface area contributed by atoms with Crippen LogP contribution in [0.1, 0.15) is 5.56 Å². The fourth-order valence-electron chi connectivity index (χ4n) is 2.00. The number of nitrogens with one attached hydrogen (secondary N) is 2. The summed E-state index contributed by atoms with van der Waals surface area (Å²) in [6.45, 7) is 0. The zero-order chi connectivity index (χ0) is 20.0. The van der Waals surface area contributed by atoms with E-state index in [1.54, 1.807) is 18.2 Å². The van der Waals surface area contributed by atoms with Crippen molar-refractivity contribution in [3.8, 4) is 17.2 Å². The van der Waals surface area contributed by atoms with Crippen LogP contribution in [0.2, 0.25) is 5.02 Å². The SMILES string of the molecule is COc1ccc(Cl)cc1NC(=O)C(=O)N/N=C/c1cc(Br)c(O)c(OC)c1. The van der Waals surface area contributed by atoms with Crippen molar-refractivity contribution < 1.29 is 24.2 Å². The highest BCUT2D eigenvalue weighted by molar-refractivity contribution is 9.10. The summed E-state index contributed by atoms with van der Waals surface area (Å²) < 4.78 is 10.5. The Morgan fingerprint density at radius 3 is 2.52 bits per heavy atom. The third kappa shape index (κ3) is 5.35. The van der Waals surface area contributed by atoms with Gasteiger partial charge in [0.25, 0.3) is 0 Å². The van der Waals surface area contributed by atoms with Crippen molar-refractivity contribution in [2.24, 2.45) is 5.10 Å². The number of rotatable bonds is 5. The van der Waals surface area contributed by atoms with E-state index in [2.05, 4.69) is 31.8 Å². The second-order valence-electron chi connectivity index (χ2n) is 5.05. The van der Waals surface area contributed by atoms with E-state index in [-0.39, 0.29) is 17.2 Å². The number of aromatic hydroxyl groups is 1. The second kappa shape index (κ2) is 9.24. The fourth-order valence-corrected chi connectivity index (χ4v) is 2.63. The molecule has 0 atom stereocenters. The maximum Gasteiger partial charge on any atom is 0.329 e. The van der Waals surface area contributed by atoms with Gasteiger partial charge in [0.15, 0.2) is 11.5 Å². The van der Waals surface area contributed by atoms with Gasteiger partial charge < -0.3 is 19.9 Å². The van der Waals surface area contributed by atoms with Crippen LogP contribution in [0.3, 0.4) is 0 Å². The highest BCUT2D eigenvalue weighted by Gasteiger charge is 2.15. The van der Waals surface area contributed by atoms with Crippen molar-refractivity contribution >= 4 is 51.2 Å². The summed E-state index contributed by atoms with van der Waals surface area (Å²) in [6, 6.07) is 7.67. The third-order valence-electron chi connectivity index (χ3n) is 3.27. The Morgan fingerprint density at radius 1 is 1.15 bits per heavy atom. The summed E-state index contributed by atoms with van der Waals surface area (Å²) in [7, 11) is 2.83. The molecule has 0 bridgehead atoms. The number of phenolic OH excluding ortho intramolecular Hbond substituents is 1. The Balaban J connectivity index is 2.03. The summed E-state index contributed by atoms with van der Waals surface area (Å²) in [5.74, 6) is -1.42. The van der Waals surface area contributed by atoms with Crippen LogP contribution in [0, 0.1) is 0 Å². The molecule has 0 heterocycles. The molecule has 2 aromatic carbocycles. The van der Waals surface area contributed by atoms with Crippen LogP contribution in [-0.2, 0) is 9.59 Å². The maximum absolute atomic E-state index is 12.0. The van der Waals surface area contributed by atoms with Gasteiger partial charge in [-0.15, -0.1) is 0 Å². The van der Waals surface area contributed by atoms with Crippen molar-refractivity contribution in [1.29, 1.82) is 0 Å². The van der Waals surface area contributed by atoms with E-state index in [1.807, 2.05) is 0 Å². The molecule has 0 unspecified atom stereocenters. The van der Waals surface area contributed by atoms with Crippen molar-refractivity contribution in [3.63, 3.8) is 0 Å². The first-order valence-electron chi connectivity index (χ1n) is 7.40. The van der Waals surface area contributed by atoms with Gasteiger partial charge in [0.2, 0.25) is 0 Å². The van der Waals surface area contributed by atoms with Crippen molar-refractivity contribution in [3.05, 3.63) is 45.4 Å². The lowest BCUT2D eigenvalue weighted by atomic mass is 10.2. The number of hydrazone groups is 1. The molecule has 2 amide bonds. The number of anilines is 1. The van der Waals surface area contributed by atoms with Crippen LogP contribution >= 0.6 is 27.5 Å². The van der Waals surface area contributed by atoms with E-state index >= 15 is 0 Å². The number of carbonyl (C=O) groups excluding carboxylic acids is 2. The Labute approximate surface area is 168 Å². The Hall–Kier alpha value is -2.78. The van der Waals surface area contributed by atoms with E-state index in [0.717, 1.165) is 0 Å². The highest BCUT2D eigenvalue weighted by Crippen LogP contribution is 2.34. The first-order valence-corrected chi connectivity index (χ1v) is 8.57. The minimum atomic E-state index is -0.988. The largest absolute Gasteiger partial charge is 0.503 e. The van der Waals surface area contributed by atoms with E-state index < -0.39 is 11.8 Å². The summed E-state index contributed by atoms with van der Waals surface area (Å²) in [4.78, 5) is 23.9. The number of hydrogen-bond acceptors (Lipinski definition) is 6. The average molecular weight is 457 g/mol. The lowest BCUT2D eigenvalue weighted by Gasteiger charge is -2.09. The minimum Gasteiger partial charge on any atom is -0.503 e. The van der Waals surface area contributed by atoms with E-state index in [9.17, 15) is 14.7 Å². The van der Waals surface area contributed by atoms with Crippen molar-refractivity contribution in [2.75, 3.05) is 19.5 Å². The van der Waals surface area contributed by atoms with Crippen LogP contribution in [0.25, 0.3) is 0 Å². The van der Waals surface area contributed by atoms with Gasteiger partial charge in [-0.1, -0.05) is 11.6 Å². The molecule has 2 aromatic rings. The van der Waals surface area contributed by atoms with Gasteiger partial charge >= 0.3 is 11.8 Å². The molecule has 0 saturated carbocycles. The number of hydrogen-bond donors (Lipinski definition) is 3. The molecule has 8 nitrogen and oxygen atoms in total. The van der Waals surface area contributed by atoms with Gasteiger partial charge in [-0.3, -0.25) is 9.59 Å². The molecule has 10 heteroatoms. The lowest BCUT2D eigenvalue weighted by molar-refractivity contribution is -0.136. The molecule has 0 aromatic heterocycles. The molecule has 2 rings (SSSR count). The van der Waals surface area contributed by atoms with Crippen molar-refractivity contribution in [2.45, 2.75) is 0 Å². The number of halogens is 2. The Kier molecular flexibility index (Phi) is 7.03. The van der Waals surface area contributed by atoms with Gasteiger partial charge in [0, 0.05) is 5.02 Å². The minimum absolute atomic E-state index is 0.0615. The third-order valence-corrected chi connectivity index (χ3v) is 4.11. The number of phenols is 1. The molecule has 0 aliphatic carbocycles. The first-order chi connectivity index (χ1) is 12.8. The summed E-state index contributed by atoms with van der Waals surface area (Å²) in [5, 5.41) is 16.2. The molecular formula is C17H15BrClN3O5. The molecule has 142 valence electrons. The standard InChI is InChI=1S/C17H15BrClN3O5/c1-26-13-4-3-10(19)7-12(13)21-16(24)17(25)22-20-8-9-5-11(18)15(23)14(6-9)27-2/h3-8,23H,1-2H3,(H,21,24)(H,22,25)/b20-8+. The smallest absolute Gasteiger partial charge is 0.329 e. The number of carbonyl (C=O) groups is 2. The van der Waals surface area contributed by atoms with Crippen LogP contribution in [0.15, 0.2) is 39.9 Å². The zero-order valence-electron chi connectivity index (χ0n) is 14.2. The number of ether oxygens (including phenoxy) is 2. The normalized spacial score (nSPS) is 10.5. The molecule has 0 saturated heterocycles. The average Bonchev–Trinajstić information content (AvgIpc) is 2.64. The van der Waals surface area contributed by atoms with E-state index in [0.29, 0.717) is 20.8 Å². The van der Waals surface area contributed by atoms with Crippen LogP contribution in [0.5, 0.6) is 17.2 Å². The molecule has 0 spiro atoms. The Bertz CT molecular complexity index is 904. The van der Waals surface area contributed by atoms with Gasteiger partial charge in [-0.2, -0.15) is 5.10 Å². The van der Waals surface area contributed by atoms with Gasteiger partial charge in [0.05, 0.1) is 30.6 Å². The monoisotopic (exact) mass is 455 g/mol. The molecule has 0 radical (unpaired) electrons. The summed E-state index contributed by atoms with van der Waals surface area (Å²) in [5.41, 5.74) is 2.87. The first kappa shape index (κ1) is 20.5. The van der Waals surface area contributed by atoms with Gasteiger partial charge in [0.1, 0.15) is 5.75 Å². The molecular weight excluding hydrogens is 442 g/mol. The quantitative estimate of drug-likeness (QED) is 0.364. The van der Waals surface area contributed by atoms with Crippen LogP contribution < -0.4 is 20.2 Å². The van der Waals surface area contributed by atoms with Crippen LogP contribution in [-0.4, -0.2) is 37.4 Å². The number of amides is 2. The predicted molar refractivity (Wildman–Crippen MR) is 105 cm³/mol. The fraction of sp³-hybridized carbons (Fsp3) is 0.118. The van der Waals surface area contributed by atoms with Gasteiger partial charge in [-0.05, 0) is 51.8 Å². The summed E-state index contributed by atoms with van der Waals surface area (Å²) in [6.07, 6.45) is 1.29. The number of methoxy groups -OCH3 is 2. The number of benzene rings is 2. The van der Waals surface area contributed by atoms with E-state index in [1.165, 1.54) is 32.6 Å². The lowest BCUT2D eigenvalue weighted by Crippen LogP contribution is -2.32. The van der Waals surface area contributed by atoms with Crippen LogP contribution in [0.4, 0.5) is 5.69 Å². The van der Waals surface area contributed by atoms with Gasteiger partial charge in [-0.25, -0.2) is 5.43 Å².